The molecule has 1 saturated heterocycles. The van der Waals surface area contributed by atoms with Crippen LogP contribution in [0.5, 0.6) is 0 Å². The lowest BCUT2D eigenvalue weighted by Gasteiger charge is -2.18. The predicted molar refractivity (Wildman–Crippen MR) is 108 cm³/mol. The van der Waals surface area contributed by atoms with E-state index in [9.17, 15) is 14.4 Å². The Hall–Kier alpha value is -3.16. The highest BCUT2D eigenvalue weighted by atomic mass is 16.2. The van der Waals surface area contributed by atoms with Crippen molar-refractivity contribution in [3.05, 3.63) is 47.5 Å². The zero-order chi connectivity index (χ0) is 20.5. The molecule has 0 aromatic heterocycles. The first-order valence-electron chi connectivity index (χ1n) is 9.86. The largest absolute Gasteiger partial charge is 0.366 e. The SMILES string of the molecule is CN=C(NCCN1C(=O)C2C3C=CC(C3)C2C1=O)NCc1ccc(C(N)=O)cc1. The van der Waals surface area contributed by atoms with Gasteiger partial charge < -0.3 is 16.4 Å². The molecular weight excluding hydrogens is 370 g/mol. The molecule has 1 saturated carbocycles. The van der Waals surface area contributed by atoms with Gasteiger partial charge in [0.15, 0.2) is 5.96 Å². The molecule has 29 heavy (non-hydrogen) atoms. The molecule has 4 atom stereocenters. The Kier molecular flexibility index (Phi) is 5.08. The monoisotopic (exact) mass is 395 g/mol. The number of carbonyl (C=O) groups is 3. The van der Waals surface area contributed by atoms with Gasteiger partial charge in [-0.3, -0.25) is 24.3 Å². The Morgan fingerprint density at radius 3 is 2.28 bits per heavy atom. The third kappa shape index (κ3) is 3.50. The highest BCUT2D eigenvalue weighted by molar-refractivity contribution is 6.06. The van der Waals surface area contributed by atoms with E-state index in [0.717, 1.165) is 12.0 Å². The van der Waals surface area contributed by atoms with Crippen LogP contribution < -0.4 is 16.4 Å². The summed E-state index contributed by atoms with van der Waals surface area (Å²) in [4.78, 5) is 42.1. The van der Waals surface area contributed by atoms with E-state index in [1.165, 1.54) is 4.90 Å². The number of aliphatic imine (C=N–C) groups is 1. The van der Waals surface area contributed by atoms with Gasteiger partial charge in [0.1, 0.15) is 0 Å². The molecule has 4 N–H and O–H groups in total. The van der Waals surface area contributed by atoms with Crippen LogP contribution in [0.25, 0.3) is 0 Å². The molecule has 1 heterocycles. The van der Waals surface area contributed by atoms with Crippen LogP contribution >= 0.6 is 0 Å². The van der Waals surface area contributed by atoms with Crippen molar-refractivity contribution in [2.45, 2.75) is 13.0 Å². The van der Waals surface area contributed by atoms with Crippen LogP contribution in [0, 0.1) is 23.7 Å². The average Bonchev–Trinajstić information content (AvgIpc) is 3.40. The number of rotatable bonds is 6. The van der Waals surface area contributed by atoms with Crippen molar-refractivity contribution < 1.29 is 14.4 Å². The molecule has 4 unspecified atom stereocenters. The summed E-state index contributed by atoms with van der Waals surface area (Å²) in [6.45, 7) is 1.28. The summed E-state index contributed by atoms with van der Waals surface area (Å²) >= 11 is 0. The maximum absolute atomic E-state index is 12.7. The number of primary amides is 1. The standard InChI is InChI=1S/C21H25N5O3/c1-23-21(25-11-12-2-4-13(5-3-12)18(22)27)24-8-9-26-19(28)16-14-6-7-15(10-14)17(16)20(26)29/h2-7,14-17H,8-11H2,1H3,(H2,22,27)(H2,23,24,25). The number of fused-ring (bicyclic) bond motifs is 5. The first-order chi connectivity index (χ1) is 14.0. The Balaban J connectivity index is 1.26. The van der Waals surface area contributed by atoms with E-state index in [1.807, 2.05) is 12.1 Å². The maximum atomic E-state index is 12.7. The molecule has 3 aliphatic rings. The molecule has 8 heteroatoms. The molecule has 8 nitrogen and oxygen atoms in total. The van der Waals surface area contributed by atoms with Crippen LogP contribution in [0.15, 0.2) is 41.4 Å². The summed E-state index contributed by atoms with van der Waals surface area (Å²) in [5.41, 5.74) is 6.68. The molecule has 1 aliphatic heterocycles. The van der Waals surface area contributed by atoms with Crippen molar-refractivity contribution in [2.24, 2.45) is 34.4 Å². The quantitative estimate of drug-likeness (QED) is 0.276. The van der Waals surface area contributed by atoms with E-state index in [2.05, 4.69) is 27.8 Å². The van der Waals surface area contributed by atoms with Crippen molar-refractivity contribution in [1.82, 2.24) is 15.5 Å². The number of guanidine groups is 1. The van der Waals surface area contributed by atoms with E-state index in [1.54, 1.807) is 19.2 Å². The highest BCUT2D eigenvalue weighted by Gasteiger charge is 2.58. The number of nitrogens with zero attached hydrogens (tertiary/aromatic N) is 2. The summed E-state index contributed by atoms with van der Waals surface area (Å²) < 4.78 is 0. The molecule has 2 aliphatic carbocycles. The third-order valence-electron chi connectivity index (χ3n) is 6.11. The zero-order valence-electron chi connectivity index (χ0n) is 16.3. The predicted octanol–water partition coefficient (Wildman–Crippen LogP) is 0.258. The minimum absolute atomic E-state index is 0.0314. The van der Waals surface area contributed by atoms with Gasteiger partial charge in [0.25, 0.3) is 0 Å². The van der Waals surface area contributed by atoms with Gasteiger partial charge in [-0.05, 0) is 36.0 Å². The number of benzene rings is 1. The van der Waals surface area contributed by atoms with Gasteiger partial charge in [-0.15, -0.1) is 0 Å². The summed E-state index contributed by atoms with van der Waals surface area (Å²) in [7, 11) is 1.66. The lowest BCUT2D eigenvalue weighted by Crippen LogP contribution is -2.43. The van der Waals surface area contributed by atoms with Crippen molar-refractivity contribution >= 4 is 23.7 Å². The first-order valence-corrected chi connectivity index (χ1v) is 9.86. The van der Waals surface area contributed by atoms with Crippen LogP contribution in [-0.4, -0.2) is 48.7 Å². The van der Waals surface area contributed by atoms with Gasteiger partial charge in [0, 0.05) is 32.2 Å². The van der Waals surface area contributed by atoms with E-state index in [4.69, 9.17) is 5.73 Å². The third-order valence-corrected chi connectivity index (χ3v) is 6.11. The molecule has 3 amide bonds. The van der Waals surface area contributed by atoms with E-state index in [0.29, 0.717) is 31.2 Å². The number of carbonyl (C=O) groups excluding carboxylic acids is 3. The number of amides is 3. The molecule has 2 bridgehead atoms. The van der Waals surface area contributed by atoms with E-state index in [-0.39, 0.29) is 35.5 Å². The van der Waals surface area contributed by atoms with Gasteiger partial charge in [0.05, 0.1) is 11.8 Å². The lowest BCUT2D eigenvalue weighted by atomic mass is 9.85. The first kappa shape index (κ1) is 19.2. The summed E-state index contributed by atoms with van der Waals surface area (Å²) in [5.74, 6) is 0.208. The second-order valence-electron chi connectivity index (χ2n) is 7.74. The Labute approximate surface area is 169 Å². The fraction of sp³-hybridized carbons (Fsp3) is 0.429. The summed E-state index contributed by atoms with van der Waals surface area (Å²) in [6, 6.07) is 7.00. The molecule has 1 aromatic rings. The number of hydrogen-bond acceptors (Lipinski definition) is 4. The smallest absolute Gasteiger partial charge is 0.248 e. The van der Waals surface area contributed by atoms with Crippen LogP contribution in [0.2, 0.25) is 0 Å². The Morgan fingerprint density at radius 2 is 1.72 bits per heavy atom. The van der Waals surface area contributed by atoms with Crippen molar-refractivity contribution in [3.8, 4) is 0 Å². The van der Waals surface area contributed by atoms with Crippen LogP contribution in [-0.2, 0) is 16.1 Å². The molecule has 0 radical (unpaired) electrons. The summed E-state index contributed by atoms with van der Waals surface area (Å²) in [5, 5.41) is 6.31. The second kappa shape index (κ2) is 7.69. The molecule has 152 valence electrons. The number of nitrogens with two attached hydrogens (primary N) is 1. The van der Waals surface area contributed by atoms with Crippen LogP contribution in [0.1, 0.15) is 22.3 Å². The molecule has 2 fully saturated rings. The molecular formula is C21H25N5O3. The molecule has 4 rings (SSSR count). The number of hydrogen-bond donors (Lipinski definition) is 3. The van der Waals surface area contributed by atoms with Crippen LogP contribution in [0.3, 0.4) is 0 Å². The van der Waals surface area contributed by atoms with Crippen molar-refractivity contribution in [3.63, 3.8) is 0 Å². The molecule has 0 spiro atoms. The molecule has 1 aromatic carbocycles. The number of allylic oxidation sites excluding steroid dienone is 2. The van der Waals surface area contributed by atoms with E-state index >= 15 is 0 Å². The second-order valence-corrected chi connectivity index (χ2v) is 7.74. The van der Waals surface area contributed by atoms with Crippen LogP contribution in [0.4, 0.5) is 0 Å². The maximum Gasteiger partial charge on any atom is 0.248 e. The van der Waals surface area contributed by atoms with Gasteiger partial charge >= 0.3 is 0 Å². The minimum Gasteiger partial charge on any atom is -0.366 e. The summed E-state index contributed by atoms with van der Waals surface area (Å²) in [6.07, 6.45) is 5.14. The highest BCUT2D eigenvalue weighted by Crippen LogP contribution is 2.52. The normalized spacial score (nSPS) is 27.5. The zero-order valence-corrected chi connectivity index (χ0v) is 16.3. The number of likely N-dealkylation sites (tertiary alicyclic amines) is 1. The van der Waals surface area contributed by atoms with Gasteiger partial charge in [-0.2, -0.15) is 0 Å². The topological polar surface area (TPSA) is 117 Å². The van der Waals surface area contributed by atoms with Gasteiger partial charge in [-0.25, -0.2) is 0 Å². The van der Waals surface area contributed by atoms with E-state index < -0.39 is 5.91 Å². The minimum atomic E-state index is -0.457. The van der Waals surface area contributed by atoms with Crippen molar-refractivity contribution in [2.75, 3.05) is 20.1 Å². The number of nitrogens with one attached hydrogen (secondary N) is 2. The van der Waals surface area contributed by atoms with Gasteiger partial charge in [0.2, 0.25) is 17.7 Å². The van der Waals surface area contributed by atoms with Gasteiger partial charge in [-0.1, -0.05) is 24.3 Å². The Bertz CT molecular complexity index is 862. The lowest BCUT2D eigenvalue weighted by molar-refractivity contribution is -0.140. The fourth-order valence-electron chi connectivity index (χ4n) is 4.66. The number of imide groups is 1. The van der Waals surface area contributed by atoms with Crippen molar-refractivity contribution in [1.29, 1.82) is 0 Å². The fourth-order valence-corrected chi connectivity index (χ4v) is 4.66. The average molecular weight is 395 g/mol. The Morgan fingerprint density at radius 1 is 1.10 bits per heavy atom.